The molecule has 2 heterocycles. The highest BCUT2D eigenvalue weighted by Crippen LogP contribution is 2.14. The number of hydrogen-bond acceptors (Lipinski definition) is 3. The maximum atomic E-state index is 12.2. The number of fused-ring (bicyclic) bond motifs is 1. The van der Waals surface area contributed by atoms with Gasteiger partial charge in [-0.25, -0.2) is 4.98 Å². The lowest BCUT2D eigenvalue weighted by Crippen LogP contribution is -2.40. The Hall–Kier alpha value is -2.30. The van der Waals surface area contributed by atoms with E-state index >= 15 is 0 Å². The summed E-state index contributed by atoms with van der Waals surface area (Å²) in [5.41, 5.74) is 1.12. The summed E-state index contributed by atoms with van der Waals surface area (Å²) in [6, 6.07) is 7.71. The quantitative estimate of drug-likeness (QED) is 0.852. The SMILES string of the molecule is Cc1cccc(OCC(=O)N2CCn3ccnc3C2)c1. The van der Waals surface area contributed by atoms with E-state index in [2.05, 4.69) is 9.55 Å². The Morgan fingerprint density at radius 2 is 2.30 bits per heavy atom. The van der Waals surface area contributed by atoms with Crippen LogP contribution in [0.15, 0.2) is 36.7 Å². The summed E-state index contributed by atoms with van der Waals surface area (Å²) in [5.74, 6) is 1.66. The number of ether oxygens (including phenoxy) is 1. The number of amides is 1. The first kappa shape index (κ1) is 12.7. The highest BCUT2D eigenvalue weighted by atomic mass is 16.5. The van der Waals surface area contributed by atoms with Gasteiger partial charge in [-0.3, -0.25) is 4.79 Å². The number of aryl methyl sites for hydroxylation is 1. The summed E-state index contributed by atoms with van der Waals surface area (Å²) in [5, 5.41) is 0. The Morgan fingerprint density at radius 3 is 3.15 bits per heavy atom. The van der Waals surface area contributed by atoms with E-state index < -0.39 is 0 Å². The van der Waals surface area contributed by atoms with Crippen molar-refractivity contribution < 1.29 is 9.53 Å². The second kappa shape index (κ2) is 5.36. The van der Waals surface area contributed by atoms with Gasteiger partial charge in [0.1, 0.15) is 11.6 Å². The molecule has 1 aromatic carbocycles. The van der Waals surface area contributed by atoms with Gasteiger partial charge in [-0.2, -0.15) is 0 Å². The number of carbonyl (C=O) groups is 1. The third kappa shape index (κ3) is 2.66. The van der Waals surface area contributed by atoms with Crippen LogP contribution in [0, 0.1) is 6.92 Å². The zero-order valence-electron chi connectivity index (χ0n) is 11.5. The Kier molecular flexibility index (Phi) is 3.41. The Morgan fingerprint density at radius 1 is 1.40 bits per heavy atom. The van der Waals surface area contributed by atoms with Crippen molar-refractivity contribution >= 4 is 5.91 Å². The van der Waals surface area contributed by atoms with Gasteiger partial charge in [-0.05, 0) is 24.6 Å². The summed E-state index contributed by atoms with van der Waals surface area (Å²) in [6.07, 6.45) is 3.72. The molecule has 0 radical (unpaired) electrons. The minimum atomic E-state index is 0.000700. The van der Waals surface area contributed by atoms with E-state index in [1.807, 2.05) is 37.4 Å². The highest BCUT2D eigenvalue weighted by Gasteiger charge is 2.21. The molecule has 5 nitrogen and oxygen atoms in total. The van der Waals surface area contributed by atoms with Crippen LogP contribution in [0.5, 0.6) is 5.75 Å². The van der Waals surface area contributed by atoms with Gasteiger partial charge in [-0.1, -0.05) is 12.1 Å². The van der Waals surface area contributed by atoms with Crippen LogP contribution in [0.4, 0.5) is 0 Å². The number of imidazole rings is 1. The number of aromatic nitrogens is 2. The second-order valence-electron chi connectivity index (χ2n) is 4.96. The van der Waals surface area contributed by atoms with E-state index in [1.165, 1.54) is 0 Å². The molecule has 0 N–H and O–H groups in total. The summed E-state index contributed by atoms with van der Waals surface area (Å²) in [6.45, 7) is 4.14. The topological polar surface area (TPSA) is 47.4 Å². The molecule has 2 aromatic rings. The molecule has 0 saturated heterocycles. The predicted octanol–water partition coefficient (Wildman–Crippen LogP) is 1.61. The van der Waals surface area contributed by atoms with Gasteiger partial charge < -0.3 is 14.2 Å². The molecule has 5 heteroatoms. The van der Waals surface area contributed by atoms with Gasteiger partial charge >= 0.3 is 0 Å². The second-order valence-corrected chi connectivity index (χ2v) is 4.96. The van der Waals surface area contributed by atoms with E-state index in [1.54, 1.807) is 11.1 Å². The zero-order valence-corrected chi connectivity index (χ0v) is 11.5. The van der Waals surface area contributed by atoms with Gasteiger partial charge in [0.15, 0.2) is 6.61 Å². The highest BCUT2D eigenvalue weighted by molar-refractivity contribution is 5.77. The molecule has 0 bridgehead atoms. The van der Waals surface area contributed by atoms with Crippen molar-refractivity contribution in [3.8, 4) is 5.75 Å². The molecule has 1 aliphatic heterocycles. The van der Waals surface area contributed by atoms with Crippen LogP contribution >= 0.6 is 0 Å². The molecule has 0 saturated carbocycles. The lowest BCUT2D eigenvalue weighted by atomic mass is 10.2. The molecule has 0 atom stereocenters. The van der Waals surface area contributed by atoms with E-state index in [0.29, 0.717) is 13.1 Å². The van der Waals surface area contributed by atoms with Crippen LogP contribution in [0.1, 0.15) is 11.4 Å². The molecule has 1 aromatic heterocycles. The molecule has 1 aliphatic rings. The third-order valence-electron chi connectivity index (χ3n) is 3.45. The van der Waals surface area contributed by atoms with Crippen molar-refractivity contribution in [3.05, 3.63) is 48.0 Å². The van der Waals surface area contributed by atoms with E-state index in [9.17, 15) is 4.79 Å². The molecule has 104 valence electrons. The van der Waals surface area contributed by atoms with Gasteiger partial charge in [0.05, 0.1) is 6.54 Å². The molecule has 3 rings (SSSR count). The van der Waals surface area contributed by atoms with E-state index in [-0.39, 0.29) is 12.5 Å². The van der Waals surface area contributed by atoms with E-state index in [4.69, 9.17) is 4.74 Å². The monoisotopic (exact) mass is 271 g/mol. The molecule has 0 unspecified atom stereocenters. The average molecular weight is 271 g/mol. The predicted molar refractivity (Wildman–Crippen MR) is 74.3 cm³/mol. The fourth-order valence-electron chi connectivity index (χ4n) is 2.33. The van der Waals surface area contributed by atoms with Crippen molar-refractivity contribution in [2.45, 2.75) is 20.0 Å². The van der Waals surface area contributed by atoms with Crippen molar-refractivity contribution in [2.75, 3.05) is 13.2 Å². The van der Waals surface area contributed by atoms with Crippen LogP contribution in [0.2, 0.25) is 0 Å². The van der Waals surface area contributed by atoms with Gasteiger partial charge in [0.2, 0.25) is 0 Å². The summed E-state index contributed by atoms with van der Waals surface area (Å²) in [4.78, 5) is 18.2. The zero-order chi connectivity index (χ0) is 13.9. The molecular weight excluding hydrogens is 254 g/mol. The van der Waals surface area contributed by atoms with Gasteiger partial charge in [-0.15, -0.1) is 0 Å². The fraction of sp³-hybridized carbons (Fsp3) is 0.333. The molecular formula is C15H17N3O2. The normalized spacial score (nSPS) is 13.9. The summed E-state index contributed by atoms with van der Waals surface area (Å²) < 4.78 is 7.63. The van der Waals surface area contributed by atoms with E-state index in [0.717, 1.165) is 23.7 Å². The first-order chi connectivity index (χ1) is 9.72. The third-order valence-corrected chi connectivity index (χ3v) is 3.45. The first-order valence-electron chi connectivity index (χ1n) is 6.69. The minimum absolute atomic E-state index is 0.000700. The average Bonchev–Trinajstić information content (AvgIpc) is 2.92. The molecule has 1 amide bonds. The molecule has 0 fully saturated rings. The first-order valence-corrected chi connectivity index (χ1v) is 6.69. The van der Waals surface area contributed by atoms with Crippen LogP contribution in [0.3, 0.4) is 0 Å². The summed E-state index contributed by atoms with van der Waals surface area (Å²) in [7, 11) is 0. The molecule has 0 aliphatic carbocycles. The minimum Gasteiger partial charge on any atom is -0.484 e. The number of benzene rings is 1. The smallest absolute Gasteiger partial charge is 0.260 e. The fourth-order valence-corrected chi connectivity index (χ4v) is 2.33. The molecule has 0 spiro atoms. The number of hydrogen-bond donors (Lipinski definition) is 0. The maximum absolute atomic E-state index is 12.2. The lowest BCUT2D eigenvalue weighted by molar-refractivity contribution is -0.134. The van der Waals surface area contributed by atoms with Crippen LogP contribution in [-0.2, 0) is 17.9 Å². The standard InChI is InChI=1S/C15H17N3O2/c1-12-3-2-4-13(9-12)20-11-15(19)18-8-7-17-6-5-16-14(17)10-18/h2-6,9H,7-8,10-11H2,1H3. The summed E-state index contributed by atoms with van der Waals surface area (Å²) >= 11 is 0. The number of nitrogens with zero attached hydrogens (tertiary/aromatic N) is 3. The maximum Gasteiger partial charge on any atom is 0.260 e. The largest absolute Gasteiger partial charge is 0.484 e. The lowest BCUT2D eigenvalue weighted by Gasteiger charge is -2.27. The van der Waals surface area contributed by atoms with Crippen molar-refractivity contribution in [3.63, 3.8) is 0 Å². The van der Waals surface area contributed by atoms with Gasteiger partial charge in [0, 0.05) is 25.5 Å². The van der Waals surface area contributed by atoms with Crippen LogP contribution in [0.25, 0.3) is 0 Å². The number of carbonyl (C=O) groups excluding carboxylic acids is 1. The van der Waals surface area contributed by atoms with Crippen LogP contribution < -0.4 is 4.74 Å². The molecule has 20 heavy (non-hydrogen) atoms. The van der Waals surface area contributed by atoms with Crippen LogP contribution in [-0.4, -0.2) is 33.5 Å². The van der Waals surface area contributed by atoms with Crippen molar-refractivity contribution in [2.24, 2.45) is 0 Å². The van der Waals surface area contributed by atoms with Crippen molar-refractivity contribution in [1.29, 1.82) is 0 Å². The van der Waals surface area contributed by atoms with Gasteiger partial charge in [0.25, 0.3) is 5.91 Å². The number of rotatable bonds is 3. The van der Waals surface area contributed by atoms with Crippen molar-refractivity contribution in [1.82, 2.24) is 14.5 Å². The Balaban J connectivity index is 1.58. The Labute approximate surface area is 117 Å². The Bertz CT molecular complexity index is 621.